The minimum absolute atomic E-state index is 0.129. The number of amides is 1. The van der Waals surface area contributed by atoms with Gasteiger partial charge in [-0.05, 0) is 41.1 Å². The number of nitrogens with zero attached hydrogens (tertiary/aromatic N) is 2. The van der Waals surface area contributed by atoms with Gasteiger partial charge in [0.05, 0.1) is 17.6 Å². The van der Waals surface area contributed by atoms with Crippen LogP contribution in [0.1, 0.15) is 17.3 Å². The monoisotopic (exact) mass is 314 g/mol. The third-order valence-electron chi connectivity index (χ3n) is 2.28. The highest BCUT2D eigenvalue weighted by atomic mass is 79.9. The molecule has 1 unspecified atom stereocenters. The number of hydrogen-bond donors (Lipinski definition) is 0. The first-order valence-corrected chi connectivity index (χ1v) is 6.23. The van der Waals surface area contributed by atoms with E-state index in [1.807, 2.05) is 0 Å². The Balaban J connectivity index is 2.86. The average Bonchev–Trinajstić information content (AvgIpc) is 2.28. The fourth-order valence-corrected chi connectivity index (χ4v) is 2.26. The molecular weight excluding hydrogens is 304 g/mol. The van der Waals surface area contributed by atoms with E-state index < -0.39 is 0 Å². The number of carbonyl (C=O) groups is 1. The maximum atomic E-state index is 12.1. The van der Waals surface area contributed by atoms with E-state index in [0.717, 1.165) is 0 Å². The van der Waals surface area contributed by atoms with Crippen molar-refractivity contribution in [1.82, 2.24) is 4.90 Å². The summed E-state index contributed by atoms with van der Waals surface area (Å²) in [5, 5.41) is 9.28. The fraction of sp³-hybridized carbons (Fsp3) is 0.333. The molecule has 0 aliphatic carbocycles. The second-order valence-electron chi connectivity index (χ2n) is 3.84. The largest absolute Gasteiger partial charge is 0.340 e. The van der Waals surface area contributed by atoms with Crippen molar-refractivity contribution >= 4 is 33.4 Å². The number of halogens is 2. The zero-order valence-corrected chi connectivity index (χ0v) is 11.9. The lowest BCUT2D eigenvalue weighted by atomic mass is 10.1. The number of hydrogen-bond acceptors (Lipinski definition) is 2. The van der Waals surface area contributed by atoms with Crippen LogP contribution < -0.4 is 0 Å². The van der Waals surface area contributed by atoms with Gasteiger partial charge < -0.3 is 4.90 Å². The molecule has 17 heavy (non-hydrogen) atoms. The van der Waals surface area contributed by atoms with Gasteiger partial charge in [-0.15, -0.1) is 0 Å². The fourth-order valence-electron chi connectivity index (χ4n) is 1.40. The maximum absolute atomic E-state index is 12.1. The Hall–Kier alpha value is -1.05. The summed E-state index contributed by atoms with van der Waals surface area (Å²) in [6.45, 7) is 2.19. The van der Waals surface area contributed by atoms with E-state index in [2.05, 4.69) is 22.0 Å². The average molecular weight is 316 g/mol. The van der Waals surface area contributed by atoms with Gasteiger partial charge in [-0.2, -0.15) is 5.26 Å². The third-order valence-corrected chi connectivity index (χ3v) is 3.17. The molecule has 0 aliphatic rings. The van der Waals surface area contributed by atoms with Crippen LogP contribution in [-0.4, -0.2) is 24.4 Å². The maximum Gasteiger partial charge on any atom is 0.254 e. The predicted molar refractivity (Wildman–Crippen MR) is 70.9 cm³/mol. The van der Waals surface area contributed by atoms with Crippen molar-refractivity contribution in [3.63, 3.8) is 0 Å². The molecule has 1 aromatic rings. The molecule has 1 atom stereocenters. The molecule has 1 rings (SSSR count). The van der Waals surface area contributed by atoms with E-state index in [-0.39, 0.29) is 11.8 Å². The van der Waals surface area contributed by atoms with Crippen LogP contribution in [0.4, 0.5) is 0 Å². The summed E-state index contributed by atoms with van der Waals surface area (Å²) in [5.74, 6) is -0.314. The minimum Gasteiger partial charge on any atom is -0.340 e. The number of benzene rings is 1. The molecule has 1 aromatic carbocycles. The highest BCUT2D eigenvalue weighted by Crippen LogP contribution is 2.22. The van der Waals surface area contributed by atoms with E-state index >= 15 is 0 Å². The third kappa shape index (κ3) is 3.72. The van der Waals surface area contributed by atoms with Crippen molar-refractivity contribution in [3.05, 3.63) is 33.3 Å². The Labute approximate surface area is 114 Å². The van der Waals surface area contributed by atoms with Crippen LogP contribution in [0.15, 0.2) is 22.7 Å². The van der Waals surface area contributed by atoms with Gasteiger partial charge in [-0.1, -0.05) is 11.6 Å². The van der Waals surface area contributed by atoms with Crippen LogP contribution in [0, 0.1) is 17.2 Å². The lowest BCUT2D eigenvalue weighted by Crippen LogP contribution is -2.30. The van der Waals surface area contributed by atoms with Gasteiger partial charge in [-0.25, -0.2) is 0 Å². The van der Waals surface area contributed by atoms with Crippen molar-refractivity contribution in [2.24, 2.45) is 5.92 Å². The van der Waals surface area contributed by atoms with Gasteiger partial charge in [0.15, 0.2) is 0 Å². The Bertz CT molecular complexity index is 470. The first-order valence-electron chi connectivity index (χ1n) is 5.06. The summed E-state index contributed by atoms with van der Waals surface area (Å²) in [6, 6.07) is 7.11. The Kier molecular flexibility index (Phi) is 4.98. The van der Waals surface area contributed by atoms with Gasteiger partial charge in [0.2, 0.25) is 0 Å². The first kappa shape index (κ1) is 14.0. The van der Waals surface area contributed by atoms with Crippen LogP contribution >= 0.6 is 27.5 Å². The molecule has 0 aromatic heterocycles. The van der Waals surface area contributed by atoms with E-state index in [0.29, 0.717) is 21.6 Å². The smallest absolute Gasteiger partial charge is 0.254 e. The zero-order valence-electron chi connectivity index (χ0n) is 9.58. The summed E-state index contributed by atoms with van der Waals surface area (Å²) < 4.78 is 0.659. The molecule has 0 saturated heterocycles. The summed E-state index contributed by atoms with van der Waals surface area (Å²) in [6.07, 6.45) is 0. The number of rotatable bonds is 3. The van der Waals surface area contributed by atoms with Crippen LogP contribution in [0.5, 0.6) is 0 Å². The lowest BCUT2D eigenvalue weighted by Gasteiger charge is -2.19. The van der Waals surface area contributed by atoms with Gasteiger partial charge in [0.1, 0.15) is 0 Å². The highest BCUT2D eigenvalue weighted by molar-refractivity contribution is 9.10. The predicted octanol–water partition coefficient (Wildman–Crippen LogP) is 3.33. The van der Waals surface area contributed by atoms with Gasteiger partial charge in [-0.3, -0.25) is 4.79 Å². The first-order chi connectivity index (χ1) is 7.95. The molecule has 0 N–H and O–H groups in total. The Morgan fingerprint density at radius 3 is 2.82 bits per heavy atom. The summed E-state index contributed by atoms with van der Waals surface area (Å²) in [7, 11) is 1.68. The lowest BCUT2D eigenvalue weighted by molar-refractivity contribution is 0.0784. The molecular formula is C12H12BrClN2O. The standard InChI is InChI=1S/C12H12BrClN2O/c1-8(6-15)7-16(2)12(17)10-4-3-9(14)5-11(10)13/h3-5,8H,7H2,1-2H3. The second kappa shape index (κ2) is 6.04. The topological polar surface area (TPSA) is 44.1 Å². The zero-order chi connectivity index (χ0) is 13.0. The Morgan fingerprint density at radius 2 is 2.29 bits per heavy atom. The molecule has 3 nitrogen and oxygen atoms in total. The summed E-state index contributed by atoms with van der Waals surface area (Å²) >= 11 is 9.11. The van der Waals surface area contributed by atoms with Crippen molar-refractivity contribution < 1.29 is 4.79 Å². The minimum atomic E-state index is -0.185. The molecule has 0 fully saturated rings. The molecule has 5 heteroatoms. The normalized spacial score (nSPS) is 11.7. The van der Waals surface area contributed by atoms with Gasteiger partial charge in [0.25, 0.3) is 5.91 Å². The van der Waals surface area contributed by atoms with Crippen molar-refractivity contribution in [3.8, 4) is 6.07 Å². The van der Waals surface area contributed by atoms with Crippen LogP contribution in [0.3, 0.4) is 0 Å². The highest BCUT2D eigenvalue weighted by Gasteiger charge is 2.16. The van der Waals surface area contributed by atoms with Crippen molar-refractivity contribution in [2.75, 3.05) is 13.6 Å². The summed E-state index contributed by atoms with van der Waals surface area (Å²) in [4.78, 5) is 13.6. The van der Waals surface area contributed by atoms with Crippen LogP contribution in [-0.2, 0) is 0 Å². The van der Waals surface area contributed by atoms with Crippen molar-refractivity contribution in [1.29, 1.82) is 5.26 Å². The molecule has 0 aliphatic heterocycles. The molecule has 0 spiro atoms. The number of nitriles is 1. The molecule has 0 bridgehead atoms. The van der Waals surface area contributed by atoms with Crippen LogP contribution in [0.25, 0.3) is 0 Å². The van der Waals surface area contributed by atoms with Gasteiger partial charge in [0, 0.05) is 23.1 Å². The summed E-state index contributed by atoms with van der Waals surface area (Å²) in [5.41, 5.74) is 0.544. The quantitative estimate of drug-likeness (QED) is 0.858. The Morgan fingerprint density at radius 1 is 1.65 bits per heavy atom. The van der Waals surface area contributed by atoms with Crippen molar-refractivity contribution in [2.45, 2.75) is 6.92 Å². The molecule has 0 radical (unpaired) electrons. The van der Waals surface area contributed by atoms with E-state index in [1.165, 1.54) is 4.90 Å². The number of carbonyl (C=O) groups excluding carboxylic acids is 1. The van der Waals surface area contributed by atoms with E-state index in [1.54, 1.807) is 32.2 Å². The van der Waals surface area contributed by atoms with Gasteiger partial charge >= 0.3 is 0 Å². The SMILES string of the molecule is CC(C#N)CN(C)C(=O)c1ccc(Cl)cc1Br. The van der Waals surface area contributed by atoms with E-state index in [4.69, 9.17) is 16.9 Å². The van der Waals surface area contributed by atoms with Crippen LogP contribution in [0.2, 0.25) is 5.02 Å². The molecule has 1 amide bonds. The molecule has 0 heterocycles. The molecule has 0 saturated carbocycles. The second-order valence-corrected chi connectivity index (χ2v) is 5.13. The van der Waals surface area contributed by atoms with E-state index in [9.17, 15) is 4.79 Å². The molecule has 90 valence electrons.